The van der Waals surface area contributed by atoms with E-state index < -0.39 is 0 Å². The summed E-state index contributed by atoms with van der Waals surface area (Å²) in [5.41, 5.74) is 2.71. The van der Waals surface area contributed by atoms with Crippen molar-refractivity contribution in [1.29, 1.82) is 0 Å². The lowest BCUT2D eigenvalue weighted by atomic mass is 10.1. The molecule has 1 aliphatic rings. The van der Waals surface area contributed by atoms with E-state index in [9.17, 15) is 4.79 Å². The highest BCUT2D eigenvalue weighted by Gasteiger charge is 2.24. The normalized spacial score (nSPS) is 15.1. The monoisotopic (exact) mass is 298 g/mol. The van der Waals surface area contributed by atoms with Crippen molar-refractivity contribution < 1.29 is 4.79 Å². The van der Waals surface area contributed by atoms with Crippen molar-refractivity contribution in [3.63, 3.8) is 0 Å². The Hall–Kier alpha value is -2.26. The maximum absolute atomic E-state index is 12.2. The Morgan fingerprint density at radius 3 is 2.29 bits per heavy atom. The molecule has 4 heteroatoms. The third-order valence-electron chi connectivity index (χ3n) is 3.40. The van der Waals surface area contributed by atoms with Crippen molar-refractivity contribution in [3.05, 3.63) is 76.8 Å². The van der Waals surface area contributed by atoms with E-state index in [1.807, 2.05) is 60.7 Å². The highest BCUT2D eigenvalue weighted by molar-refractivity contribution is 6.33. The number of halogens is 1. The molecule has 3 nitrogen and oxygen atoms in total. The number of carbonyl (C=O) groups excluding carboxylic acids is 1. The van der Waals surface area contributed by atoms with E-state index in [4.69, 9.17) is 11.6 Å². The smallest absolute Gasteiger partial charge is 0.315 e. The fourth-order valence-corrected chi connectivity index (χ4v) is 2.64. The Kier molecular flexibility index (Phi) is 3.93. The molecular weight excluding hydrogens is 284 g/mol. The first kappa shape index (κ1) is 13.7. The number of nitrogens with zero attached hydrogens (tertiary/aromatic N) is 1. The average molecular weight is 299 g/mol. The molecule has 2 amide bonds. The highest BCUT2D eigenvalue weighted by Crippen LogP contribution is 2.24. The van der Waals surface area contributed by atoms with Gasteiger partial charge in [0, 0.05) is 6.54 Å². The van der Waals surface area contributed by atoms with Crippen molar-refractivity contribution >= 4 is 23.3 Å². The van der Waals surface area contributed by atoms with Crippen LogP contribution in [-0.2, 0) is 6.54 Å². The number of hydrogen-bond acceptors (Lipinski definition) is 1. The zero-order valence-corrected chi connectivity index (χ0v) is 12.2. The first-order valence-corrected chi connectivity index (χ1v) is 7.16. The topological polar surface area (TPSA) is 32.3 Å². The Labute approximate surface area is 128 Å². The number of carbonyl (C=O) groups is 1. The average Bonchev–Trinajstić information content (AvgIpc) is 2.52. The fraction of sp³-hybridized carbons (Fsp3) is 0.118. The molecule has 2 aromatic carbocycles. The lowest BCUT2D eigenvalue weighted by molar-refractivity contribution is 0.202. The zero-order valence-electron chi connectivity index (χ0n) is 11.4. The van der Waals surface area contributed by atoms with Gasteiger partial charge in [0.05, 0.1) is 17.3 Å². The lowest BCUT2D eigenvalue weighted by Gasteiger charge is -2.29. The van der Waals surface area contributed by atoms with Crippen LogP contribution in [0.1, 0.15) is 11.1 Å². The van der Waals surface area contributed by atoms with Crippen LogP contribution in [0.2, 0.25) is 0 Å². The molecule has 106 valence electrons. The van der Waals surface area contributed by atoms with Crippen molar-refractivity contribution in [2.75, 3.05) is 6.54 Å². The molecule has 21 heavy (non-hydrogen) atoms. The van der Waals surface area contributed by atoms with E-state index >= 15 is 0 Å². The molecule has 2 aromatic rings. The third kappa shape index (κ3) is 3.09. The van der Waals surface area contributed by atoms with E-state index in [2.05, 4.69) is 5.32 Å². The first-order valence-electron chi connectivity index (χ1n) is 6.78. The van der Waals surface area contributed by atoms with Gasteiger partial charge >= 0.3 is 6.03 Å². The maximum atomic E-state index is 12.2. The summed E-state index contributed by atoms with van der Waals surface area (Å²) in [6.45, 7) is 0.970. The molecule has 0 unspecified atom stereocenters. The van der Waals surface area contributed by atoms with Gasteiger partial charge in [0.25, 0.3) is 0 Å². The van der Waals surface area contributed by atoms with E-state index in [1.165, 1.54) is 0 Å². The van der Waals surface area contributed by atoms with Crippen LogP contribution in [0.3, 0.4) is 0 Å². The number of benzene rings is 2. The van der Waals surface area contributed by atoms with Crippen molar-refractivity contribution in [2.45, 2.75) is 6.54 Å². The summed E-state index contributed by atoms with van der Waals surface area (Å²) < 4.78 is 0. The Balaban J connectivity index is 1.81. The summed E-state index contributed by atoms with van der Waals surface area (Å²) in [4.78, 5) is 13.9. The summed E-state index contributed by atoms with van der Waals surface area (Å²) in [6, 6.07) is 19.4. The van der Waals surface area contributed by atoms with Gasteiger partial charge in [-0.2, -0.15) is 0 Å². The maximum Gasteiger partial charge on any atom is 0.322 e. The molecule has 0 spiro atoms. The lowest BCUT2D eigenvalue weighted by Crippen LogP contribution is -2.43. The molecule has 0 saturated heterocycles. The van der Waals surface area contributed by atoms with Gasteiger partial charge in [-0.1, -0.05) is 72.3 Å². The molecule has 0 bridgehead atoms. The highest BCUT2D eigenvalue weighted by atomic mass is 35.5. The summed E-state index contributed by atoms with van der Waals surface area (Å²) in [7, 11) is 0. The number of hydrogen-bond donors (Lipinski definition) is 1. The Morgan fingerprint density at radius 2 is 1.62 bits per heavy atom. The molecule has 0 aromatic heterocycles. The molecule has 1 aliphatic heterocycles. The molecule has 3 rings (SSSR count). The molecule has 0 aliphatic carbocycles. The molecule has 0 atom stereocenters. The minimum absolute atomic E-state index is 0.123. The van der Waals surface area contributed by atoms with E-state index in [1.54, 1.807) is 4.90 Å². The van der Waals surface area contributed by atoms with Crippen LogP contribution in [0.4, 0.5) is 4.79 Å². The standard InChI is InChI=1S/C17H15ClN2O/c18-15-12-20(11-13-7-3-1-4-8-13)17(21)19-16(15)14-9-5-2-6-10-14/h1-10H,11-12H2,(H,19,21). The molecule has 0 radical (unpaired) electrons. The molecule has 0 saturated carbocycles. The molecule has 1 N–H and O–H groups in total. The minimum Gasteiger partial charge on any atom is -0.315 e. The van der Waals surface area contributed by atoms with E-state index in [0.717, 1.165) is 11.1 Å². The number of urea groups is 1. The van der Waals surface area contributed by atoms with Crippen LogP contribution in [0.5, 0.6) is 0 Å². The second-order valence-corrected chi connectivity index (χ2v) is 5.37. The van der Waals surface area contributed by atoms with Gasteiger partial charge in [0.15, 0.2) is 0 Å². The van der Waals surface area contributed by atoms with Crippen LogP contribution in [0, 0.1) is 0 Å². The largest absolute Gasteiger partial charge is 0.322 e. The molecule has 0 fully saturated rings. The second-order valence-electron chi connectivity index (χ2n) is 4.92. The van der Waals surface area contributed by atoms with Gasteiger partial charge in [-0.15, -0.1) is 0 Å². The van der Waals surface area contributed by atoms with Crippen molar-refractivity contribution in [3.8, 4) is 0 Å². The fourth-order valence-electron chi connectivity index (χ4n) is 2.34. The summed E-state index contributed by atoms with van der Waals surface area (Å²) in [5.74, 6) is 0. The van der Waals surface area contributed by atoms with Gasteiger partial charge in [0.2, 0.25) is 0 Å². The van der Waals surface area contributed by atoms with Crippen LogP contribution in [0.15, 0.2) is 65.7 Å². The second kappa shape index (κ2) is 6.02. The van der Waals surface area contributed by atoms with Crippen molar-refractivity contribution in [2.24, 2.45) is 0 Å². The third-order valence-corrected chi connectivity index (χ3v) is 3.71. The van der Waals surface area contributed by atoms with Gasteiger partial charge in [0.1, 0.15) is 0 Å². The van der Waals surface area contributed by atoms with Crippen LogP contribution in [0.25, 0.3) is 5.70 Å². The zero-order chi connectivity index (χ0) is 14.7. The summed E-state index contributed by atoms with van der Waals surface area (Å²) in [5, 5.41) is 3.54. The molecule has 1 heterocycles. The predicted octanol–water partition coefficient (Wildman–Crippen LogP) is 3.82. The van der Waals surface area contributed by atoms with Crippen molar-refractivity contribution in [1.82, 2.24) is 10.2 Å². The predicted molar refractivity (Wildman–Crippen MR) is 84.6 cm³/mol. The first-order chi connectivity index (χ1) is 10.2. The van der Waals surface area contributed by atoms with Crippen LogP contribution < -0.4 is 5.32 Å². The number of nitrogens with one attached hydrogen (secondary N) is 1. The summed E-state index contributed by atoms with van der Waals surface area (Å²) in [6.07, 6.45) is 0. The van der Waals surface area contributed by atoms with E-state index in [0.29, 0.717) is 23.8 Å². The number of rotatable bonds is 3. The Morgan fingerprint density at radius 1 is 1.00 bits per heavy atom. The molecular formula is C17H15ClN2O. The number of amides is 2. The van der Waals surface area contributed by atoms with Crippen LogP contribution in [-0.4, -0.2) is 17.5 Å². The Bertz CT molecular complexity index is 668. The SMILES string of the molecule is O=C1NC(c2ccccc2)=C(Cl)CN1Cc1ccccc1. The van der Waals surface area contributed by atoms with Gasteiger partial charge in [-0.25, -0.2) is 4.79 Å². The van der Waals surface area contributed by atoms with Crippen LogP contribution >= 0.6 is 11.6 Å². The van der Waals surface area contributed by atoms with Gasteiger partial charge < -0.3 is 10.2 Å². The quantitative estimate of drug-likeness (QED) is 0.918. The minimum atomic E-state index is -0.123. The van der Waals surface area contributed by atoms with E-state index in [-0.39, 0.29) is 6.03 Å². The summed E-state index contributed by atoms with van der Waals surface area (Å²) >= 11 is 6.37. The van der Waals surface area contributed by atoms with Gasteiger partial charge in [-0.05, 0) is 11.1 Å². The van der Waals surface area contributed by atoms with Gasteiger partial charge in [-0.3, -0.25) is 0 Å².